The fourth-order valence-electron chi connectivity index (χ4n) is 2.27. The van der Waals surface area contributed by atoms with Gasteiger partial charge in [-0.25, -0.2) is 13.2 Å². The number of amides is 1. The maximum atomic E-state index is 13.8. The molecule has 0 radical (unpaired) electrons. The largest absolute Gasteiger partial charge is 0.351 e. The molecular weight excluding hydrogens is 335 g/mol. The summed E-state index contributed by atoms with van der Waals surface area (Å²) in [6.07, 6.45) is 0. The standard InChI is InChI=1S/C18H18F3NOS/c1-11(17-15(20)4-3-5-16(17)21)24-12(2)18(23)22-10-13-6-8-14(19)9-7-13/h3-9,11-12H,10H2,1-2H3,(H,22,23). The molecule has 2 unspecified atom stereocenters. The van der Waals surface area contributed by atoms with E-state index in [0.717, 1.165) is 5.56 Å². The molecule has 0 saturated carbocycles. The van der Waals surface area contributed by atoms with E-state index >= 15 is 0 Å². The average molecular weight is 353 g/mol. The number of halogens is 3. The van der Waals surface area contributed by atoms with Gasteiger partial charge in [-0.2, -0.15) is 0 Å². The van der Waals surface area contributed by atoms with E-state index in [2.05, 4.69) is 5.32 Å². The van der Waals surface area contributed by atoms with Gasteiger partial charge in [0, 0.05) is 17.4 Å². The minimum absolute atomic E-state index is 0.0271. The summed E-state index contributed by atoms with van der Waals surface area (Å²) in [5.41, 5.74) is 0.746. The lowest BCUT2D eigenvalue weighted by molar-refractivity contribution is -0.120. The van der Waals surface area contributed by atoms with Gasteiger partial charge in [0.2, 0.25) is 5.91 Å². The van der Waals surface area contributed by atoms with Crippen molar-refractivity contribution in [2.24, 2.45) is 0 Å². The lowest BCUT2D eigenvalue weighted by atomic mass is 10.1. The molecule has 128 valence electrons. The molecule has 0 aromatic heterocycles. The smallest absolute Gasteiger partial charge is 0.233 e. The highest BCUT2D eigenvalue weighted by Crippen LogP contribution is 2.34. The van der Waals surface area contributed by atoms with E-state index < -0.39 is 22.1 Å². The Kier molecular flexibility index (Phi) is 6.31. The van der Waals surface area contributed by atoms with Crippen LogP contribution >= 0.6 is 11.8 Å². The molecule has 0 bridgehead atoms. The van der Waals surface area contributed by atoms with Crippen molar-refractivity contribution in [1.29, 1.82) is 0 Å². The zero-order chi connectivity index (χ0) is 17.7. The van der Waals surface area contributed by atoms with Crippen LogP contribution in [0, 0.1) is 17.5 Å². The first-order chi connectivity index (χ1) is 11.4. The minimum atomic E-state index is -0.617. The minimum Gasteiger partial charge on any atom is -0.351 e. The number of carbonyl (C=O) groups excluding carboxylic acids is 1. The summed E-state index contributed by atoms with van der Waals surface area (Å²) in [7, 11) is 0. The maximum Gasteiger partial charge on any atom is 0.233 e. The summed E-state index contributed by atoms with van der Waals surface area (Å²) in [5.74, 6) is -1.81. The Labute approximate surface area is 143 Å². The maximum absolute atomic E-state index is 13.8. The van der Waals surface area contributed by atoms with E-state index in [1.54, 1.807) is 26.0 Å². The number of nitrogens with one attached hydrogen (secondary N) is 1. The highest BCUT2D eigenvalue weighted by Gasteiger charge is 2.22. The molecule has 0 saturated heterocycles. The number of rotatable bonds is 6. The summed E-state index contributed by atoms with van der Waals surface area (Å²) in [6, 6.07) is 9.54. The van der Waals surface area contributed by atoms with Crippen LogP contribution in [0.2, 0.25) is 0 Å². The van der Waals surface area contributed by atoms with Crippen LogP contribution in [0.25, 0.3) is 0 Å². The number of benzene rings is 2. The predicted octanol–water partition coefficient (Wildman–Crippen LogP) is 4.60. The molecule has 0 aliphatic rings. The van der Waals surface area contributed by atoms with Crippen LogP contribution < -0.4 is 5.32 Å². The lowest BCUT2D eigenvalue weighted by Crippen LogP contribution is -2.30. The Morgan fingerprint density at radius 1 is 1.04 bits per heavy atom. The molecule has 0 aliphatic carbocycles. The second-order valence-electron chi connectivity index (χ2n) is 5.40. The Bertz CT molecular complexity index is 686. The van der Waals surface area contributed by atoms with Crippen LogP contribution in [0.1, 0.15) is 30.2 Å². The fourth-order valence-corrected chi connectivity index (χ4v) is 3.45. The first kappa shape index (κ1) is 18.4. The third-order valence-electron chi connectivity index (χ3n) is 3.56. The third-order valence-corrected chi connectivity index (χ3v) is 4.83. The van der Waals surface area contributed by atoms with Crippen molar-refractivity contribution >= 4 is 17.7 Å². The summed E-state index contributed by atoms with van der Waals surface area (Å²) in [6.45, 7) is 3.61. The fraction of sp³-hybridized carbons (Fsp3) is 0.278. The second kappa shape index (κ2) is 8.24. The van der Waals surface area contributed by atoms with Gasteiger partial charge in [0.05, 0.1) is 5.25 Å². The highest BCUT2D eigenvalue weighted by atomic mass is 32.2. The van der Waals surface area contributed by atoms with Crippen molar-refractivity contribution in [3.63, 3.8) is 0 Å². The van der Waals surface area contributed by atoms with Crippen LogP contribution in [-0.4, -0.2) is 11.2 Å². The zero-order valence-electron chi connectivity index (χ0n) is 13.4. The van der Waals surface area contributed by atoms with Crippen molar-refractivity contribution in [2.45, 2.75) is 30.9 Å². The number of thioether (sulfide) groups is 1. The molecule has 2 aromatic carbocycles. The number of hydrogen-bond donors (Lipinski definition) is 1. The summed E-state index contributed by atoms with van der Waals surface area (Å²) < 4.78 is 40.4. The van der Waals surface area contributed by atoms with Crippen LogP contribution in [0.15, 0.2) is 42.5 Å². The average Bonchev–Trinajstić information content (AvgIpc) is 2.53. The van der Waals surface area contributed by atoms with Gasteiger partial charge in [-0.05, 0) is 43.7 Å². The van der Waals surface area contributed by atoms with Crippen molar-refractivity contribution in [1.82, 2.24) is 5.32 Å². The molecule has 0 fully saturated rings. The molecule has 0 aliphatic heterocycles. The summed E-state index contributed by atoms with van der Waals surface area (Å²) in [5, 5.41) is 1.75. The monoisotopic (exact) mass is 353 g/mol. The highest BCUT2D eigenvalue weighted by molar-refractivity contribution is 8.00. The topological polar surface area (TPSA) is 29.1 Å². The summed E-state index contributed by atoms with van der Waals surface area (Å²) >= 11 is 1.17. The van der Waals surface area contributed by atoms with E-state index in [0.29, 0.717) is 0 Å². The third kappa shape index (κ3) is 4.77. The van der Waals surface area contributed by atoms with Gasteiger partial charge >= 0.3 is 0 Å². The number of carbonyl (C=O) groups is 1. The second-order valence-corrected chi connectivity index (χ2v) is 7.09. The molecule has 2 nitrogen and oxygen atoms in total. The first-order valence-electron chi connectivity index (χ1n) is 7.50. The Balaban J connectivity index is 1.92. The SMILES string of the molecule is CC(SC(C)c1c(F)cccc1F)C(=O)NCc1ccc(F)cc1. The van der Waals surface area contributed by atoms with Crippen LogP contribution in [0.4, 0.5) is 13.2 Å². The predicted molar refractivity (Wildman–Crippen MR) is 90.1 cm³/mol. The molecular formula is C18H18F3NOS. The van der Waals surface area contributed by atoms with Gasteiger partial charge in [-0.3, -0.25) is 4.79 Å². The Morgan fingerprint density at radius 3 is 2.21 bits per heavy atom. The molecule has 2 rings (SSSR count). The van der Waals surface area contributed by atoms with E-state index in [1.807, 2.05) is 0 Å². The van der Waals surface area contributed by atoms with E-state index in [9.17, 15) is 18.0 Å². The van der Waals surface area contributed by atoms with Crippen molar-refractivity contribution in [3.05, 3.63) is 71.0 Å². The lowest BCUT2D eigenvalue weighted by Gasteiger charge is -2.18. The quantitative estimate of drug-likeness (QED) is 0.822. The van der Waals surface area contributed by atoms with Gasteiger partial charge in [0.25, 0.3) is 0 Å². The van der Waals surface area contributed by atoms with Crippen LogP contribution in [0.5, 0.6) is 0 Å². The number of hydrogen-bond acceptors (Lipinski definition) is 2. The van der Waals surface area contributed by atoms with Gasteiger partial charge in [0.15, 0.2) is 0 Å². The van der Waals surface area contributed by atoms with E-state index in [4.69, 9.17) is 0 Å². The molecule has 24 heavy (non-hydrogen) atoms. The van der Waals surface area contributed by atoms with Crippen molar-refractivity contribution in [3.8, 4) is 0 Å². The first-order valence-corrected chi connectivity index (χ1v) is 8.44. The van der Waals surface area contributed by atoms with E-state index in [1.165, 1.54) is 42.1 Å². The molecule has 2 atom stereocenters. The van der Waals surface area contributed by atoms with Crippen LogP contribution in [-0.2, 0) is 11.3 Å². The van der Waals surface area contributed by atoms with Crippen LogP contribution in [0.3, 0.4) is 0 Å². The van der Waals surface area contributed by atoms with Gasteiger partial charge < -0.3 is 5.32 Å². The van der Waals surface area contributed by atoms with Crippen molar-refractivity contribution < 1.29 is 18.0 Å². The van der Waals surface area contributed by atoms with Crippen molar-refractivity contribution in [2.75, 3.05) is 0 Å². The van der Waals surface area contributed by atoms with Gasteiger partial charge in [0.1, 0.15) is 17.5 Å². The molecule has 2 aromatic rings. The van der Waals surface area contributed by atoms with E-state index in [-0.39, 0.29) is 23.8 Å². The van der Waals surface area contributed by atoms with Gasteiger partial charge in [-0.15, -0.1) is 11.8 Å². The molecule has 6 heteroatoms. The molecule has 1 N–H and O–H groups in total. The Hall–Kier alpha value is -1.95. The molecule has 0 spiro atoms. The zero-order valence-corrected chi connectivity index (χ0v) is 14.2. The summed E-state index contributed by atoms with van der Waals surface area (Å²) in [4.78, 5) is 12.1. The molecule has 1 amide bonds. The Morgan fingerprint density at radius 2 is 1.62 bits per heavy atom. The van der Waals surface area contributed by atoms with Gasteiger partial charge in [-0.1, -0.05) is 18.2 Å². The normalized spacial score (nSPS) is 13.4. The molecule has 0 heterocycles.